The largest absolute Gasteiger partial charge is 0.480 e. The molecule has 3 amide bonds. The number of hydrogen-bond donors (Lipinski definition) is 4. The lowest BCUT2D eigenvalue weighted by atomic mass is 10.2. The van der Waals surface area contributed by atoms with Gasteiger partial charge in [0.25, 0.3) is 0 Å². The molecule has 5 N–H and O–H groups in total. The highest BCUT2D eigenvalue weighted by Gasteiger charge is 2.22. The van der Waals surface area contributed by atoms with Crippen LogP contribution in [0.3, 0.4) is 0 Å². The van der Waals surface area contributed by atoms with Crippen LogP contribution in [0.2, 0.25) is 0 Å². The monoisotopic (exact) mass is 300 g/mol. The van der Waals surface area contributed by atoms with E-state index in [4.69, 9.17) is 10.8 Å². The zero-order valence-electron chi connectivity index (χ0n) is 10.8. The van der Waals surface area contributed by atoms with Crippen LogP contribution in [-0.4, -0.2) is 40.6 Å². The molecule has 0 saturated carbocycles. The Bertz CT molecular complexity index is 477. The van der Waals surface area contributed by atoms with Gasteiger partial charge in [0.05, 0.1) is 11.4 Å². The Hall–Kier alpha value is -2.16. The second-order valence-electron chi connectivity index (χ2n) is 4.19. The summed E-state index contributed by atoms with van der Waals surface area (Å²) in [6.07, 6.45) is 1.22. The normalized spacial score (nSPS) is 13.2. The molecular weight excluding hydrogens is 284 g/mol. The quantitative estimate of drug-likeness (QED) is 0.556. The summed E-state index contributed by atoms with van der Waals surface area (Å²) in [4.78, 5) is 37.2. The Morgan fingerprint density at radius 1 is 1.50 bits per heavy atom. The first-order valence-corrected chi connectivity index (χ1v) is 6.73. The Labute approximate surface area is 119 Å². The number of aromatic nitrogens is 1. The number of carboxylic acids is 1. The molecule has 1 unspecified atom stereocenters. The molecule has 8 nitrogen and oxygen atoms in total. The fourth-order valence-electron chi connectivity index (χ4n) is 1.42. The topological polar surface area (TPSA) is 134 Å². The molecule has 0 aromatic carbocycles. The van der Waals surface area contributed by atoms with Crippen molar-refractivity contribution >= 4 is 29.2 Å². The van der Waals surface area contributed by atoms with Crippen LogP contribution in [0, 0.1) is 0 Å². The molecule has 1 aromatic rings. The molecule has 0 aliphatic rings. The van der Waals surface area contributed by atoms with Crippen LogP contribution < -0.4 is 16.4 Å². The van der Waals surface area contributed by atoms with Crippen molar-refractivity contribution in [3.63, 3.8) is 0 Å². The molecule has 1 rings (SSSR count). The average molecular weight is 300 g/mol. The van der Waals surface area contributed by atoms with E-state index in [1.165, 1.54) is 11.3 Å². The number of nitrogens with one attached hydrogen (secondary N) is 2. The molecule has 0 aliphatic heterocycles. The number of carboxylic acid groups (broad SMARTS) is 1. The van der Waals surface area contributed by atoms with Crippen LogP contribution in [0.15, 0.2) is 11.6 Å². The Morgan fingerprint density at radius 2 is 2.20 bits per heavy atom. The summed E-state index contributed by atoms with van der Waals surface area (Å²) in [6.45, 7) is 2.19. The Morgan fingerprint density at radius 3 is 2.70 bits per heavy atom. The minimum absolute atomic E-state index is 0.0140. The van der Waals surface area contributed by atoms with E-state index in [2.05, 4.69) is 15.6 Å². The maximum atomic E-state index is 11.6. The lowest BCUT2D eigenvalue weighted by Crippen LogP contribution is -2.48. The molecule has 0 fully saturated rings. The van der Waals surface area contributed by atoms with E-state index in [0.29, 0.717) is 6.54 Å². The van der Waals surface area contributed by atoms with Crippen LogP contribution >= 0.6 is 11.3 Å². The highest BCUT2D eigenvalue weighted by molar-refractivity contribution is 7.09. The molecule has 0 radical (unpaired) electrons. The van der Waals surface area contributed by atoms with Gasteiger partial charge in [-0.2, -0.15) is 0 Å². The van der Waals surface area contributed by atoms with Crippen LogP contribution in [0.5, 0.6) is 0 Å². The van der Waals surface area contributed by atoms with Crippen molar-refractivity contribution in [2.24, 2.45) is 5.73 Å². The zero-order chi connectivity index (χ0) is 15.1. The van der Waals surface area contributed by atoms with Crippen molar-refractivity contribution in [1.29, 1.82) is 0 Å². The van der Waals surface area contributed by atoms with Gasteiger partial charge in [-0.25, -0.2) is 14.6 Å². The zero-order valence-corrected chi connectivity index (χ0v) is 11.6. The molecule has 20 heavy (non-hydrogen) atoms. The molecule has 0 spiro atoms. The van der Waals surface area contributed by atoms with Gasteiger partial charge in [-0.05, 0) is 0 Å². The second kappa shape index (κ2) is 7.43. The number of carbonyl (C=O) groups excluding carboxylic acids is 2. The van der Waals surface area contributed by atoms with Crippen LogP contribution in [0.25, 0.3) is 0 Å². The predicted octanol–water partition coefficient (Wildman–Crippen LogP) is -0.126. The summed E-state index contributed by atoms with van der Waals surface area (Å²) >= 11 is 1.47. The van der Waals surface area contributed by atoms with E-state index in [1.54, 1.807) is 6.20 Å². The SMILES string of the molecule is CC(CNC(=O)N[C@H](CC(N)=O)C(=O)O)c1nccs1. The maximum Gasteiger partial charge on any atom is 0.326 e. The number of nitrogens with two attached hydrogens (primary N) is 1. The molecule has 1 heterocycles. The molecule has 1 aromatic heterocycles. The summed E-state index contributed by atoms with van der Waals surface area (Å²) in [5.74, 6) is -2.10. The van der Waals surface area contributed by atoms with Gasteiger partial charge in [0.2, 0.25) is 5.91 Å². The first kappa shape index (κ1) is 15.9. The third kappa shape index (κ3) is 5.22. The van der Waals surface area contributed by atoms with Crippen LogP contribution in [-0.2, 0) is 9.59 Å². The van der Waals surface area contributed by atoms with Gasteiger partial charge in [-0.1, -0.05) is 6.92 Å². The summed E-state index contributed by atoms with van der Waals surface area (Å²) in [6, 6.07) is -2.00. The fourth-order valence-corrected chi connectivity index (χ4v) is 2.12. The first-order chi connectivity index (χ1) is 9.40. The lowest BCUT2D eigenvalue weighted by molar-refractivity contribution is -0.140. The van der Waals surface area contributed by atoms with E-state index in [-0.39, 0.29) is 5.92 Å². The van der Waals surface area contributed by atoms with Gasteiger partial charge >= 0.3 is 12.0 Å². The van der Waals surface area contributed by atoms with Crippen molar-refractivity contribution in [3.8, 4) is 0 Å². The van der Waals surface area contributed by atoms with Crippen molar-refractivity contribution < 1.29 is 19.5 Å². The number of hydrogen-bond acceptors (Lipinski definition) is 5. The number of amides is 3. The van der Waals surface area contributed by atoms with Crippen molar-refractivity contribution in [3.05, 3.63) is 16.6 Å². The Balaban J connectivity index is 2.42. The number of urea groups is 1. The standard InChI is InChI=1S/C11H16N4O4S/c1-6(9-13-2-3-20-9)5-14-11(19)15-7(10(17)18)4-8(12)16/h2-3,6-7H,4-5H2,1H3,(H2,12,16)(H,17,18)(H2,14,15,19)/t6?,7-/m1/s1. The van der Waals surface area contributed by atoms with Gasteiger partial charge < -0.3 is 21.5 Å². The van der Waals surface area contributed by atoms with Gasteiger partial charge in [0.15, 0.2) is 0 Å². The maximum absolute atomic E-state index is 11.6. The smallest absolute Gasteiger partial charge is 0.326 e. The Kier molecular flexibility index (Phi) is 5.91. The van der Waals surface area contributed by atoms with E-state index >= 15 is 0 Å². The molecule has 2 atom stereocenters. The van der Waals surface area contributed by atoms with Crippen molar-refractivity contribution in [2.45, 2.75) is 25.3 Å². The molecule has 9 heteroatoms. The number of nitrogens with zero attached hydrogens (tertiary/aromatic N) is 1. The van der Waals surface area contributed by atoms with E-state index < -0.39 is 30.4 Å². The molecule has 0 saturated heterocycles. The number of primary amides is 1. The van der Waals surface area contributed by atoms with E-state index in [9.17, 15) is 14.4 Å². The third-order valence-corrected chi connectivity index (χ3v) is 3.46. The first-order valence-electron chi connectivity index (χ1n) is 5.85. The second-order valence-corrected chi connectivity index (χ2v) is 5.11. The fraction of sp³-hybridized carbons (Fsp3) is 0.455. The van der Waals surface area contributed by atoms with Gasteiger partial charge in [0.1, 0.15) is 6.04 Å². The van der Waals surface area contributed by atoms with Crippen molar-refractivity contribution in [2.75, 3.05) is 6.54 Å². The summed E-state index contributed by atoms with van der Waals surface area (Å²) < 4.78 is 0. The minimum atomic E-state index is -1.33. The van der Waals surface area contributed by atoms with Crippen LogP contribution in [0.1, 0.15) is 24.3 Å². The summed E-state index contributed by atoms with van der Waals surface area (Å²) in [7, 11) is 0. The number of aliphatic carboxylic acids is 1. The highest BCUT2D eigenvalue weighted by atomic mass is 32.1. The van der Waals surface area contributed by atoms with E-state index in [1.807, 2.05) is 12.3 Å². The highest BCUT2D eigenvalue weighted by Crippen LogP contribution is 2.16. The average Bonchev–Trinajstić information content (AvgIpc) is 2.88. The van der Waals surface area contributed by atoms with E-state index in [0.717, 1.165) is 5.01 Å². The molecule has 0 aliphatic carbocycles. The molecule has 110 valence electrons. The lowest BCUT2D eigenvalue weighted by Gasteiger charge is -2.15. The minimum Gasteiger partial charge on any atom is -0.480 e. The number of thiazole rings is 1. The molecular formula is C11H16N4O4S. The third-order valence-electron chi connectivity index (χ3n) is 2.45. The van der Waals surface area contributed by atoms with Gasteiger partial charge in [-0.15, -0.1) is 11.3 Å². The summed E-state index contributed by atoms with van der Waals surface area (Å²) in [5.41, 5.74) is 4.91. The van der Waals surface area contributed by atoms with Crippen molar-refractivity contribution in [1.82, 2.24) is 15.6 Å². The molecule has 0 bridgehead atoms. The van der Waals surface area contributed by atoms with Crippen LogP contribution in [0.4, 0.5) is 4.79 Å². The number of rotatable bonds is 7. The number of carbonyl (C=O) groups is 3. The van der Waals surface area contributed by atoms with Gasteiger partial charge in [0, 0.05) is 24.0 Å². The van der Waals surface area contributed by atoms with Gasteiger partial charge in [-0.3, -0.25) is 4.79 Å². The summed E-state index contributed by atoms with van der Waals surface area (Å²) in [5, 5.41) is 16.3. The predicted molar refractivity (Wildman–Crippen MR) is 72.3 cm³/mol.